The minimum atomic E-state index is 0.527. The second-order valence-corrected chi connectivity index (χ2v) is 4.65. The summed E-state index contributed by atoms with van der Waals surface area (Å²) in [6.45, 7) is 0.936. The van der Waals surface area contributed by atoms with E-state index in [4.69, 9.17) is 5.73 Å². The summed E-state index contributed by atoms with van der Waals surface area (Å²) < 4.78 is 0. The van der Waals surface area contributed by atoms with Crippen LogP contribution in [0.2, 0.25) is 0 Å². The van der Waals surface area contributed by atoms with Crippen molar-refractivity contribution in [1.29, 1.82) is 0 Å². The fourth-order valence-corrected chi connectivity index (χ4v) is 2.40. The molecule has 1 heterocycles. The van der Waals surface area contributed by atoms with Crippen molar-refractivity contribution in [3.8, 4) is 0 Å². The van der Waals surface area contributed by atoms with Crippen LogP contribution < -0.4 is 5.73 Å². The van der Waals surface area contributed by atoms with Gasteiger partial charge in [0.15, 0.2) is 5.82 Å². The van der Waals surface area contributed by atoms with Gasteiger partial charge in [0, 0.05) is 0 Å². The Labute approximate surface area is 83.5 Å². The van der Waals surface area contributed by atoms with E-state index in [0.29, 0.717) is 5.82 Å². The largest absolute Gasteiger partial charge is 0.381 e. The summed E-state index contributed by atoms with van der Waals surface area (Å²) in [4.78, 5) is 1.72. The lowest BCUT2D eigenvalue weighted by molar-refractivity contribution is 0.469. The summed E-state index contributed by atoms with van der Waals surface area (Å²) in [7, 11) is 0. The smallest absolute Gasteiger partial charge is 0.165 e. The summed E-state index contributed by atoms with van der Waals surface area (Å²) in [6.07, 6.45) is 7.25. The monoisotopic (exact) mass is 192 g/mol. The van der Waals surface area contributed by atoms with Gasteiger partial charge in [-0.3, -0.25) is 0 Å². The molecule has 1 aromatic rings. The zero-order chi connectivity index (χ0) is 9.54. The maximum absolute atomic E-state index is 5.49. The molecule has 2 atom stereocenters. The molecule has 4 nitrogen and oxygen atoms in total. The van der Waals surface area contributed by atoms with Crippen molar-refractivity contribution >= 4 is 5.82 Å². The van der Waals surface area contributed by atoms with Crippen molar-refractivity contribution in [2.24, 2.45) is 17.8 Å². The second kappa shape index (κ2) is 2.97. The highest BCUT2D eigenvalue weighted by Gasteiger charge is 2.46. The SMILES string of the molecule is Nc1cnn(CC[C@@H]2C[C@H]2C2CC2)n1. The normalized spacial score (nSPS) is 30.6. The lowest BCUT2D eigenvalue weighted by Gasteiger charge is -1.98. The number of nitrogens with two attached hydrogens (primary N) is 1. The van der Waals surface area contributed by atoms with E-state index in [2.05, 4.69) is 10.2 Å². The molecule has 4 heteroatoms. The van der Waals surface area contributed by atoms with Crippen LogP contribution in [0.25, 0.3) is 0 Å². The first kappa shape index (κ1) is 8.26. The Morgan fingerprint density at radius 2 is 2.36 bits per heavy atom. The first-order valence-electron chi connectivity index (χ1n) is 5.48. The standard InChI is InChI=1S/C10H16N4/c11-10-6-12-14(13-10)4-3-8-5-9(8)7-1-2-7/h6-9H,1-5H2,(H2,11,13)/t8-,9+/m1/s1. The summed E-state index contributed by atoms with van der Waals surface area (Å²) in [5, 5.41) is 8.16. The van der Waals surface area contributed by atoms with Crippen LogP contribution in [-0.2, 0) is 6.54 Å². The first-order chi connectivity index (χ1) is 6.83. The van der Waals surface area contributed by atoms with Crippen LogP contribution in [0.15, 0.2) is 6.20 Å². The third-order valence-electron chi connectivity index (χ3n) is 3.46. The van der Waals surface area contributed by atoms with Crippen molar-refractivity contribution in [2.45, 2.75) is 32.2 Å². The molecule has 14 heavy (non-hydrogen) atoms. The van der Waals surface area contributed by atoms with E-state index in [1.54, 1.807) is 11.0 Å². The van der Waals surface area contributed by atoms with Crippen LogP contribution in [0.4, 0.5) is 5.82 Å². The highest BCUT2D eigenvalue weighted by atomic mass is 15.5. The number of anilines is 1. The summed E-state index contributed by atoms with van der Waals surface area (Å²) in [6, 6.07) is 0. The van der Waals surface area contributed by atoms with Gasteiger partial charge >= 0.3 is 0 Å². The van der Waals surface area contributed by atoms with Gasteiger partial charge in [0.2, 0.25) is 0 Å². The van der Waals surface area contributed by atoms with Gasteiger partial charge in [-0.15, -0.1) is 5.10 Å². The number of nitrogens with zero attached hydrogens (tertiary/aromatic N) is 3. The average Bonchev–Trinajstić information content (AvgIpc) is 3.03. The van der Waals surface area contributed by atoms with Gasteiger partial charge in [0.1, 0.15) is 0 Å². The predicted molar refractivity (Wildman–Crippen MR) is 53.4 cm³/mol. The number of rotatable bonds is 4. The number of aromatic nitrogens is 3. The van der Waals surface area contributed by atoms with Crippen molar-refractivity contribution in [3.05, 3.63) is 6.20 Å². The summed E-state index contributed by atoms with van der Waals surface area (Å²) in [5.74, 6) is 3.60. The number of hydrogen-bond donors (Lipinski definition) is 1. The predicted octanol–water partition coefficient (Wildman–Crippen LogP) is 1.30. The van der Waals surface area contributed by atoms with Crippen LogP contribution >= 0.6 is 0 Å². The van der Waals surface area contributed by atoms with Gasteiger partial charge in [-0.25, -0.2) is 0 Å². The van der Waals surface area contributed by atoms with Gasteiger partial charge in [0.05, 0.1) is 12.7 Å². The molecular weight excluding hydrogens is 176 g/mol. The Morgan fingerprint density at radius 3 is 3.00 bits per heavy atom. The molecule has 2 aliphatic rings. The summed E-state index contributed by atoms with van der Waals surface area (Å²) >= 11 is 0. The molecule has 1 aromatic heterocycles. The van der Waals surface area contributed by atoms with Crippen molar-refractivity contribution in [3.63, 3.8) is 0 Å². The minimum absolute atomic E-state index is 0.527. The van der Waals surface area contributed by atoms with Crippen LogP contribution in [0.3, 0.4) is 0 Å². The Hall–Kier alpha value is -1.06. The molecule has 76 valence electrons. The lowest BCUT2D eigenvalue weighted by atomic mass is 10.2. The summed E-state index contributed by atoms with van der Waals surface area (Å²) in [5.41, 5.74) is 5.49. The average molecular weight is 192 g/mol. The molecule has 0 bridgehead atoms. The maximum atomic E-state index is 5.49. The van der Waals surface area contributed by atoms with Gasteiger partial charge in [-0.1, -0.05) is 0 Å². The van der Waals surface area contributed by atoms with Crippen LogP contribution in [0, 0.1) is 17.8 Å². The number of hydrogen-bond acceptors (Lipinski definition) is 3. The van der Waals surface area contributed by atoms with E-state index < -0.39 is 0 Å². The molecule has 0 unspecified atom stereocenters. The molecule has 0 amide bonds. The van der Waals surface area contributed by atoms with Crippen LogP contribution in [0.5, 0.6) is 0 Å². The molecular formula is C10H16N4. The van der Waals surface area contributed by atoms with E-state index in [1.807, 2.05) is 0 Å². The van der Waals surface area contributed by atoms with Crippen LogP contribution in [0.1, 0.15) is 25.7 Å². The Kier molecular flexibility index (Phi) is 1.75. The Bertz CT molecular complexity index is 329. The zero-order valence-corrected chi connectivity index (χ0v) is 8.26. The third kappa shape index (κ3) is 1.61. The molecule has 2 fully saturated rings. The van der Waals surface area contributed by atoms with E-state index >= 15 is 0 Å². The fraction of sp³-hybridized carbons (Fsp3) is 0.800. The molecule has 2 saturated carbocycles. The maximum Gasteiger partial charge on any atom is 0.165 e. The third-order valence-corrected chi connectivity index (χ3v) is 3.46. The van der Waals surface area contributed by atoms with E-state index in [0.717, 1.165) is 24.3 Å². The Balaban J connectivity index is 1.46. The van der Waals surface area contributed by atoms with Crippen LogP contribution in [-0.4, -0.2) is 15.0 Å². The highest BCUT2D eigenvalue weighted by Crippen LogP contribution is 2.55. The molecule has 0 saturated heterocycles. The molecule has 2 N–H and O–H groups in total. The fourth-order valence-electron chi connectivity index (χ4n) is 2.40. The van der Waals surface area contributed by atoms with E-state index in [1.165, 1.54) is 25.7 Å². The molecule has 0 aromatic carbocycles. The Morgan fingerprint density at radius 1 is 1.50 bits per heavy atom. The van der Waals surface area contributed by atoms with Gasteiger partial charge in [-0.2, -0.15) is 9.90 Å². The number of nitrogen functional groups attached to an aromatic ring is 1. The van der Waals surface area contributed by atoms with Gasteiger partial charge in [-0.05, 0) is 43.4 Å². The lowest BCUT2D eigenvalue weighted by Crippen LogP contribution is -2.04. The molecule has 2 aliphatic carbocycles. The quantitative estimate of drug-likeness (QED) is 0.782. The van der Waals surface area contributed by atoms with Crippen molar-refractivity contribution in [2.75, 3.05) is 5.73 Å². The second-order valence-electron chi connectivity index (χ2n) is 4.65. The van der Waals surface area contributed by atoms with Gasteiger partial charge in [0.25, 0.3) is 0 Å². The zero-order valence-electron chi connectivity index (χ0n) is 8.26. The topological polar surface area (TPSA) is 56.7 Å². The molecule has 0 radical (unpaired) electrons. The highest BCUT2D eigenvalue weighted by molar-refractivity contribution is 5.19. The molecule has 0 aliphatic heterocycles. The number of aryl methyl sites for hydroxylation is 1. The minimum Gasteiger partial charge on any atom is -0.381 e. The van der Waals surface area contributed by atoms with E-state index in [-0.39, 0.29) is 0 Å². The van der Waals surface area contributed by atoms with Crippen molar-refractivity contribution in [1.82, 2.24) is 15.0 Å². The molecule has 0 spiro atoms. The van der Waals surface area contributed by atoms with Crippen molar-refractivity contribution < 1.29 is 0 Å². The molecule has 3 rings (SSSR count). The van der Waals surface area contributed by atoms with Gasteiger partial charge < -0.3 is 5.73 Å². The first-order valence-corrected chi connectivity index (χ1v) is 5.48. The van der Waals surface area contributed by atoms with E-state index in [9.17, 15) is 0 Å².